The Morgan fingerprint density at radius 1 is 1.10 bits per heavy atom. The highest BCUT2D eigenvalue weighted by Crippen LogP contribution is 2.30. The third-order valence-corrected chi connectivity index (χ3v) is 3.82. The van der Waals surface area contributed by atoms with Crippen molar-refractivity contribution in [1.82, 2.24) is 10.2 Å². The zero-order valence-corrected chi connectivity index (χ0v) is 13.0. The van der Waals surface area contributed by atoms with Crippen molar-refractivity contribution in [3.05, 3.63) is 35.1 Å². The van der Waals surface area contributed by atoms with Gasteiger partial charge in [0.25, 0.3) is 0 Å². The Morgan fingerprint density at radius 3 is 2.33 bits per heavy atom. The van der Waals surface area contributed by atoms with Gasteiger partial charge in [0.1, 0.15) is 5.82 Å². The number of rotatable bonds is 5. The van der Waals surface area contributed by atoms with Gasteiger partial charge in [-0.1, -0.05) is 19.8 Å². The van der Waals surface area contributed by atoms with Gasteiger partial charge < -0.3 is 5.32 Å². The highest BCUT2D eigenvalue weighted by atomic mass is 35.5. The van der Waals surface area contributed by atoms with Crippen LogP contribution in [0.1, 0.15) is 37.8 Å². The number of piperazine rings is 1. The first-order valence-electron chi connectivity index (χ1n) is 7.22. The number of benzene rings is 1. The fraction of sp³-hybridized carbons (Fsp3) is 0.600. The van der Waals surface area contributed by atoms with Crippen molar-refractivity contribution in [1.29, 1.82) is 0 Å². The lowest BCUT2D eigenvalue weighted by molar-refractivity contribution is 0.159. The molecule has 0 amide bonds. The molecule has 1 aliphatic rings. The Bertz CT molecular complexity index is 451. The van der Waals surface area contributed by atoms with Crippen LogP contribution in [0.15, 0.2) is 12.1 Å². The summed E-state index contributed by atoms with van der Waals surface area (Å²) in [6.45, 7) is 5.35. The zero-order chi connectivity index (χ0) is 14.5. The molecular weight excluding hydrogens is 301 g/mol. The second-order valence-electron chi connectivity index (χ2n) is 5.23. The Balaban J connectivity index is 0.00000220. The van der Waals surface area contributed by atoms with E-state index in [2.05, 4.69) is 17.1 Å². The minimum absolute atomic E-state index is 0. The van der Waals surface area contributed by atoms with Gasteiger partial charge >= 0.3 is 0 Å². The molecule has 0 spiro atoms. The monoisotopic (exact) mass is 322 g/mol. The lowest BCUT2D eigenvalue weighted by atomic mass is 9.98. The molecule has 1 atom stereocenters. The lowest BCUT2D eigenvalue weighted by Crippen LogP contribution is -2.45. The van der Waals surface area contributed by atoms with Crippen LogP contribution >= 0.6 is 12.4 Å². The van der Waals surface area contributed by atoms with Gasteiger partial charge in [-0.15, -0.1) is 12.4 Å². The van der Waals surface area contributed by atoms with Gasteiger partial charge in [0.2, 0.25) is 0 Å². The van der Waals surface area contributed by atoms with Crippen molar-refractivity contribution in [2.75, 3.05) is 26.2 Å². The fourth-order valence-electron chi connectivity index (χ4n) is 2.72. The summed E-state index contributed by atoms with van der Waals surface area (Å²) in [6, 6.07) is 1.51. The molecule has 0 saturated carbocycles. The van der Waals surface area contributed by atoms with Crippen molar-refractivity contribution >= 4 is 12.4 Å². The highest BCUT2D eigenvalue weighted by molar-refractivity contribution is 5.85. The van der Waals surface area contributed by atoms with E-state index in [0.717, 1.165) is 51.5 Å². The van der Waals surface area contributed by atoms with Crippen molar-refractivity contribution in [2.24, 2.45) is 0 Å². The first-order valence-corrected chi connectivity index (χ1v) is 7.22. The van der Waals surface area contributed by atoms with E-state index >= 15 is 0 Å². The predicted octanol–water partition coefficient (Wildman–Crippen LogP) is 3.66. The van der Waals surface area contributed by atoms with Gasteiger partial charge in [-0.2, -0.15) is 0 Å². The summed E-state index contributed by atoms with van der Waals surface area (Å²) in [5, 5.41) is 3.24. The molecule has 1 N–H and O–H groups in total. The third-order valence-electron chi connectivity index (χ3n) is 3.82. The van der Waals surface area contributed by atoms with E-state index in [1.807, 2.05) is 0 Å². The molecule has 0 aromatic heterocycles. The summed E-state index contributed by atoms with van der Waals surface area (Å²) in [5.74, 6) is -2.75. The molecule has 1 aromatic rings. The van der Waals surface area contributed by atoms with Crippen LogP contribution in [0, 0.1) is 17.5 Å². The van der Waals surface area contributed by atoms with E-state index in [-0.39, 0.29) is 24.0 Å². The molecule has 21 heavy (non-hydrogen) atoms. The standard InChI is InChI=1S/C15H21F3N2.ClH/c1-2-3-4-15(20-7-5-19-6-8-20)11-9-13(17)14(18)10-12(11)16;/h9-10,15,19H,2-8H2,1H3;1H/t15-;/m0./s1. The van der Waals surface area contributed by atoms with E-state index in [1.54, 1.807) is 0 Å². The van der Waals surface area contributed by atoms with Crippen LogP contribution in [-0.4, -0.2) is 31.1 Å². The zero-order valence-electron chi connectivity index (χ0n) is 12.2. The number of hydrogen-bond donors (Lipinski definition) is 1. The van der Waals surface area contributed by atoms with Gasteiger partial charge in [-0.3, -0.25) is 4.90 Å². The molecule has 0 radical (unpaired) electrons. The van der Waals surface area contributed by atoms with Crippen molar-refractivity contribution in [2.45, 2.75) is 32.2 Å². The number of nitrogens with one attached hydrogen (secondary N) is 1. The van der Waals surface area contributed by atoms with Crippen molar-refractivity contribution in [3.63, 3.8) is 0 Å². The number of unbranched alkanes of at least 4 members (excludes halogenated alkanes) is 1. The predicted molar refractivity (Wildman–Crippen MR) is 80.3 cm³/mol. The first-order chi connectivity index (χ1) is 9.63. The quantitative estimate of drug-likeness (QED) is 0.832. The molecule has 6 heteroatoms. The largest absolute Gasteiger partial charge is 0.314 e. The van der Waals surface area contributed by atoms with Crippen LogP contribution < -0.4 is 5.32 Å². The Morgan fingerprint density at radius 2 is 1.71 bits per heavy atom. The summed E-state index contributed by atoms with van der Waals surface area (Å²) in [6.07, 6.45) is 2.69. The van der Waals surface area contributed by atoms with Gasteiger partial charge in [-0.05, 0) is 12.5 Å². The van der Waals surface area contributed by atoms with E-state index in [1.165, 1.54) is 0 Å². The molecule has 1 heterocycles. The molecule has 2 nitrogen and oxygen atoms in total. The SMILES string of the molecule is CCCC[C@@H](c1cc(F)c(F)cc1F)N1CCNCC1.Cl. The molecule has 0 unspecified atom stereocenters. The maximum atomic E-state index is 14.0. The van der Waals surface area contributed by atoms with E-state index in [0.29, 0.717) is 6.07 Å². The van der Waals surface area contributed by atoms with Crippen LogP contribution in [-0.2, 0) is 0 Å². The van der Waals surface area contributed by atoms with Crippen LogP contribution in [0.4, 0.5) is 13.2 Å². The molecule has 1 fully saturated rings. The molecule has 1 saturated heterocycles. The number of hydrogen-bond acceptors (Lipinski definition) is 2. The van der Waals surface area contributed by atoms with E-state index < -0.39 is 17.5 Å². The van der Waals surface area contributed by atoms with Gasteiger partial charge in [-0.25, -0.2) is 13.2 Å². The minimum Gasteiger partial charge on any atom is -0.314 e. The smallest absolute Gasteiger partial charge is 0.161 e. The van der Waals surface area contributed by atoms with Gasteiger partial charge in [0.15, 0.2) is 11.6 Å². The summed E-state index contributed by atoms with van der Waals surface area (Å²) in [4.78, 5) is 2.15. The van der Waals surface area contributed by atoms with Crippen LogP contribution in [0.25, 0.3) is 0 Å². The van der Waals surface area contributed by atoms with Gasteiger partial charge in [0, 0.05) is 43.9 Å². The third kappa shape index (κ3) is 4.59. The van der Waals surface area contributed by atoms with E-state index in [9.17, 15) is 13.2 Å². The molecule has 1 aromatic carbocycles. The maximum absolute atomic E-state index is 14.0. The molecule has 1 aliphatic heterocycles. The highest BCUT2D eigenvalue weighted by Gasteiger charge is 2.25. The molecule has 120 valence electrons. The van der Waals surface area contributed by atoms with Crippen molar-refractivity contribution < 1.29 is 13.2 Å². The summed E-state index contributed by atoms with van der Waals surface area (Å²) < 4.78 is 40.5. The van der Waals surface area contributed by atoms with Crippen LogP contribution in [0.5, 0.6) is 0 Å². The Hall–Kier alpha value is -0.780. The average molecular weight is 323 g/mol. The molecule has 2 rings (SSSR count). The number of nitrogens with zero attached hydrogens (tertiary/aromatic N) is 1. The van der Waals surface area contributed by atoms with Gasteiger partial charge in [0.05, 0.1) is 0 Å². The Kier molecular flexibility index (Phi) is 7.49. The summed E-state index contributed by atoms with van der Waals surface area (Å²) >= 11 is 0. The Labute approximate surface area is 130 Å². The van der Waals surface area contributed by atoms with E-state index in [4.69, 9.17) is 0 Å². The molecule has 0 aliphatic carbocycles. The summed E-state index contributed by atoms with van der Waals surface area (Å²) in [5.41, 5.74) is 0.277. The van der Waals surface area contributed by atoms with Crippen LogP contribution in [0.3, 0.4) is 0 Å². The minimum atomic E-state index is -1.12. The maximum Gasteiger partial charge on any atom is 0.161 e. The fourth-order valence-corrected chi connectivity index (χ4v) is 2.72. The normalized spacial score (nSPS) is 17.3. The summed E-state index contributed by atoms with van der Waals surface area (Å²) in [7, 11) is 0. The van der Waals surface area contributed by atoms with Crippen molar-refractivity contribution in [3.8, 4) is 0 Å². The average Bonchev–Trinajstić information content (AvgIpc) is 2.45. The lowest BCUT2D eigenvalue weighted by Gasteiger charge is -2.35. The topological polar surface area (TPSA) is 15.3 Å². The van der Waals surface area contributed by atoms with Crippen LogP contribution in [0.2, 0.25) is 0 Å². The first kappa shape index (κ1) is 18.3. The molecule has 0 bridgehead atoms. The second kappa shape index (κ2) is 8.61. The second-order valence-corrected chi connectivity index (χ2v) is 5.23. The molecular formula is C15H22ClF3N2. The number of halogens is 4.